The van der Waals surface area contributed by atoms with Crippen LogP contribution >= 0.6 is 0 Å². The summed E-state index contributed by atoms with van der Waals surface area (Å²) in [6.07, 6.45) is 0.646. The number of halogens is 1. The Morgan fingerprint density at radius 1 is 1.15 bits per heavy atom. The first-order valence-electron chi connectivity index (χ1n) is 5.34. The van der Waals surface area contributed by atoms with Gasteiger partial charge in [0.15, 0.2) is 0 Å². The number of nitrogens with zero attached hydrogens (tertiary/aromatic N) is 2. The van der Waals surface area contributed by atoms with E-state index in [1.807, 2.05) is 20.9 Å². The molecule has 13 heavy (non-hydrogen) atoms. The molecule has 2 heterocycles. The zero-order valence-electron chi connectivity index (χ0n) is 8.96. The molecule has 2 rings (SSSR count). The molecule has 2 fully saturated rings. The summed E-state index contributed by atoms with van der Waals surface area (Å²) in [6.45, 7) is 7.76. The van der Waals surface area contributed by atoms with Gasteiger partial charge in [0.25, 0.3) is 0 Å². The molecule has 2 atom stereocenters. The molecule has 2 aliphatic rings. The van der Waals surface area contributed by atoms with Gasteiger partial charge < -0.3 is 4.90 Å². The lowest BCUT2D eigenvalue weighted by Crippen LogP contribution is -2.49. The van der Waals surface area contributed by atoms with Crippen molar-refractivity contribution in [1.29, 1.82) is 0 Å². The van der Waals surface area contributed by atoms with Gasteiger partial charge in [-0.25, -0.2) is 4.39 Å². The Balaban J connectivity index is 0.000000396. The van der Waals surface area contributed by atoms with Crippen molar-refractivity contribution in [2.45, 2.75) is 32.5 Å². The number of hydrogen-bond acceptors (Lipinski definition) is 2. The largest absolute Gasteiger partial charge is 0.302 e. The van der Waals surface area contributed by atoms with E-state index in [4.69, 9.17) is 0 Å². The molecular formula is C10H21FN2. The van der Waals surface area contributed by atoms with Gasteiger partial charge in [0.1, 0.15) is 6.17 Å². The van der Waals surface area contributed by atoms with Crippen LogP contribution in [-0.4, -0.2) is 55.2 Å². The lowest BCUT2D eigenvalue weighted by Gasteiger charge is -2.36. The Kier molecular flexibility index (Phi) is 4.13. The zero-order valence-corrected chi connectivity index (χ0v) is 8.96. The summed E-state index contributed by atoms with van der Waals surface area (Å²) < 4.78 is 13.2. The fourth-order valence-corrected chi connectivity index (χ4v) is 1.94. The number of likely N-dealkylation sites (N-methyl/N-ethyl adjacent to an activating group) is 1. The normalized spacial score (nSPS) is 35.1. The van der Waals surface area contributed by atoms with Crippen LogP contribution in [0.1, 0.15) is 20.3 Å². The maximum atomic E-state index is 13.2. The SMILES string of the molecule is CC.CN1CC(F)C(N2CCC2)C1. The predicted octanol–water partition coefficient (Wildman–Crippen LogP) is 1.37. The highest BCUT2D eigenvalue weighted by Crippen LogP contribution is 2.21. The van der Waals surface area contributed by atoms with E-state index >= 15 is 0 Å². The van der Waals surface area contributed by atoms with Gasteiger partial charge in [0.2, 0.25) is 0 Å². The lowest BCUT2D eigenvalue weighted by molar-refractivity contribution is 0.0840. The topological polar surface area (TPSA) is 6.48 Å². The van der Waals surface area contributed by atoms with E-state index in [-0.39, 0.29) is 6.04 Å². The summed E-state index contributed by atoms with van der Waals surface area (Å²) in [5.74, 6) is 0. The fraction of sp³-hybridized carbons (Fsp3) is 1.00. The highest BCUT2D eigenvalue weighted by Gasteiger charge is 2.37. The summed E-state index contributed by atoms with van der Waals surface area (Å²) >= 11 is 0. The van der Waals surface area contributed by atoms with E-state index in [1.165, 1.54) is 6.42 Å². The number of hydrogen-bond donors (Lipinski definition) is 0. The number of alkyl halides is 1. The summed E-state index contributed by atoms with van der Waals surface area (Å²) in [7, 11) is 1.99. The Hall–Kier alpha value is -0.150. The summed E-state index contributed by atoms with van der Waals surface area (Å²) in [6, 6.07) is 0.203. The molecule has 0 amide bonds. The minimum Gasteiger partial charge on any atom is -0.302 e. The zero-order chi connectivity index (χ0) is 9.84. The molecule has 0 aromatic heterocycles. The Morgan fingerprint density at radius 3 is 2.08 bits per heavy atom. The van der Waals surface area contributed by atoms with Crippen molar-refractivity contribution in [3.63, 3.8) is 0 Å². The smallest absolute Gasteiger partial charge is 0.129 e. The molecule has 2 aliphatic heterocycles. The quantitative estimate of drug-likeness (QED) is 0.613. The molecule has 2 saturated heterocycles. The van der Waals surface area contributed by atoms with Crippen LogP contribution in [0.25, 0.3) is 0 Å². The van der Waals surface area contributed by atoms with Gasteiger partial charge in [-0.2, -0.15) is 0 Å². The second-order valence-corrected chi connectivity index (χ2v) is 3.69. The molecule has 0 aromatic carbocycles. The predicted molar refractivity (Wildman–Crippen MR) is 53.7 cm³/mol. The monoisotopic (exact) mass is 188 g/mol. The molecule has 2 nitrogen and oxygen atoms in total. The molecule has 0 aliphatic carbocycles. The van der Waals surface area contributed by atoms with Gasteiger partial charge >= 0.3 is 0 Å². The van der Waals surface area contributed by atoms with Crippen LogP contribution in [0.2, 0.25) is 0 Å². The molecule has 2 unspecified atom stereocenters. The second kappa shape index (κ2) is 4.91. The van der Waals surface area contributed by atoms with Gasteiger partial charge in [-0.3, -0.25) is 4.90 Å². The molecule has 0 radical (unpaired) electrons. The van der Waals surface area contributed by atoms with E-state index in [0.717, 1.165) is 19.6 Å². The van der Waals surface area contributed by atoms with Crippen LogP contribution in [0, 0.1) is 0 Å². The van der Waals surface area contributed by atoms with Gasteiger partial charge in [0, 0.05) is 13.1 Å². The molecule has 0 saturated carbocycles. The summed E-state index contributed by atoms with van der Waals surface area (Å²) in [5, 5.41) is 0. The Labute approximate surface area is 80.7 Å². The van der Waals surface area contributed by atoms with Crippen molar-refractivity contribution in [3.8, 4) is 0 Å². The Bertz CT molecular complexity index is 146. The van der Waals surface area contributed by atoms with Crippen LogP contribution in [0.5, 0.6) is 0 Å². The fourth-order valence-electron chi connectivity index (χ4n) is 1.94. The summed E-state index contributed by atoms with van der Waals surface area (Å²) in [4.78, 5) is 4.34. The molecule has 0 spiro atoms. The Morgan fingerprint density at radius 2 is 1.77 bits per heavy atom. The van der Waals surface area contributed by atoms with Crippen molar-refractivity contribution < 1.29 is 4.39 Å². The highest BCUT2D eigenvalue weighted by molar-refractivity contribution is 4.92. The first-order chi connectivity index (χ1) is 6.27. The van der Waals surface area contributed by atoms with Gasteiger partial charge in [-0.05, 0) is 26.6 Å². The molecule has 0 aromatic rings. The van der Waals surface area contributed by atoms with E-state index < -0.39 is 6.17 Å². The molecule has 0 N–H and O–H groups in total. The second-order valence-electron chi connectivity index (χ2n) is 3.69. The third-order valence-electron chi connectivity index (χ3n) is 2.76. The van der Waals surface area contributed by atoms with Crippen LogP contribution in [0.15, 0.2) is 0 Å². The lowest BCUT2D eigenvalue weighted by atomic mass is 10.1. The maximum absolute atomic E-state index is 13.2. The van der Waals surface area contributed by atoms with Crippen LogP contribution in [0.4, 0.5) is 4.39 Å². The van der Waals surface area contributed by atoms with Crippen molar-refractivity contribution in [1.82, 2.24) is 9.80 Å². The third kappa shape index (κ3) is 2.41. The van der Waals surface area contributed by atoms with Crippen molar-refractivity contribution in [2.75, 3.05) is 33.2 Å². The molecular weight excluding hydrogens is 167 g/mol. The van der Waals surface area contributed by atoms with Crippen LogP contribution < -0.4 is 0 Å². The molecule has 3 heteroatoms. The average molecular weight is 188 g/mol. The summed E-state index contributed by atoms with van der Waals surface area (Å²) in [5.41, 5.74) is 0. The first kappa shape index (κ1) is 10.9. The van der Waals surface area contributed by atoms with Crippen molar-refractivity contribution in [2.24, 2.45) is 0 Å². The van der Waals surface area contributed by atoms with Gasteiger partial charge in [0.05, 0.1) is 6.04 Å². The molecule has 0 bridgehead atoms. The minimum absolute atomic E-state index is 0.203. The van der Waals surface area contributed by atoms with Crippen molar-refractivity contribution in [3.05, 3.63) is 0 Å². The van der Waals surface area contributed by atoms with Crippen molar-refractivity contribution >= 4 is 0 Å². The van der Waals surface area contributed by atoms with Crippen LogP contribution in [0.3, 0.4) is 0 Å². The number of likely N-dealkylation sites (tertiary alicyclic amines) is 2. The van der Waals surface area contributed by atoms with E-state index in [0.29, 0.717) is 6.54 Å². The van der Waals surface area contributed by atoms with E-state index in [1.54, 1.807) is 0 Å². The van der Waals surface area contributed by atoms with E-state index in [9.17, 15) is 4.39 Å². The average Bonchev–Trinajstić information content (AvgIpc) is 2.32. The molecule has 78 valence electrons. The standard InChI is InChI=1S/C8H15FN2.C2H6/c1-10-5-7(9)8(6-10)11-3-2-4-11;1-2/h7-8H,2-6H2,1H3;1-2H3. The third-order valence-corrected chi connectivity index (χ3v) is 2.76. The van der Waals surface area contributed by atoms with Crippen LogP contribution in [-0.2, 0) is 0 Å². The van der Waals surface area contributed by atoms with Gasteiger partial charge in [-0.1, -0.05) is 13.8 Å². The number of rotatable bonds is 1. The highest BCUT2D eigenvalue weighted by atomic mass is 19.1. The van der Waals surface area contributed by atoms with E-state index in [2.05, 4.69) is 9.80 Å². The minimum atomic E-state index is -0.611. The maximum Gasteiger partial charge on any atom is 0.129 e. The first-order valence-corrected chi connectivity index (χ1v) is 5.34. The van der Waals surface area contributed by atoms with Gasteiger partial charge in [-0.15, -0.1) is 0 Å².